The molecule has 0 spiro atoms. The second-order valence-electron chi connectivity index (χ2n) is 5.36. The molecule has 118 valence electrons. The van der Waals surface area contributed by atoms with E-state index in [4.69, 9.17) is 14.2 Å². The Morgan fingerprint density at radius 1 is 1.19 bits per heavy atom. The molecule has 1 aliphatic carbocycles. The molecule has 0 heterocycles. The summed E-state index contributed by atoms with van der Waals surface area (Å²) in [7, 11) is 1.72. The van der Waals surface area contributed by atoms with Gasteiger partial charge in [-0.25, -0.2) is 0 Å². The van der Waals surface area contributed by atoms with Gasteiger partial charge in [0.2, 0.25) is 0 Å². The molecule has 1 fully saturated rings. The highest BCUT2D eigenvalue weighted by Crippen LogP contribution is 2.29. The van der Waals surface area contributed by atoms with Gasteiger partial charge in [-0.2, -0.15) is 0 Å². The fourth-order valence-corrected chi connectivity index (χ4v) is 2.70. The molecule has 2 rings (SSSR count). The lowest BCUT2D eigenvalue weighted by molar-refractivity contribution is -0.104. The first kappa shape index (κ1) is 16.3. The van der Waals surface area contributed by atoms with Gasteiger partial charge in [0.05, 0.1) is 6.61 Å². The number of methoxy groups -OCH3 is 1. The highest BCUT2D eigenvalue weighted by Gasteiger charge is 2.43. The molecular formula is C17H27NO3. The average Bonchev–Trinajstić information content (AvgIpc) is 2.51. The van der Waals surface area contributed by atoms with Crippen LogP contribution in [0.25, 0.3) is 0 Å². The van der Waals surface area contributed by atoms with E-state index in [2.05, 4.69) is 24.4 Å². The Hall–Kier alpha value is -1.10. The van der Waals surface area contributed by atoms with E-state index in [9.17, 15) is 0 Å². The third-order valence-corrected chi connectivity index (χ3v) is 3.88. The van der Waals surface area contributed by atoms with Crippen molar-refractivity contribution < 1.29 is 14.2 Å². The van der Waals surface area contributed by atoms with Crippen molar-refractivity contribution in [1.82, 2.24) is 5.32 Å². The third kappa shape index (κ3) is 4.43. The van der Waals surface area contributed by atoms with Gasteiger partial charge in [-0.05, 0) is 37.6 Å². The maximum absolute atomic E-state index is 6.06. The molecule has 0 amide bonds. The molecule has 4 nitrogen and oxygen atoms in total. The quantitative estimate of drug-likeness (QED) is 0.759. The predicted molar refractivity (Wildman–Crippen MR) is 83.9 cm³/mol. The van der Waals surface area contributed by atoms with Crippen LogP contribution >= 0.6 is 0 Å². The molecule has 1 aromatic carbocycles. The molecule has 1 N–H and O–H groups in total. The summed E-state index contributed by atoms with van der Waals surface area (Å²) in [6, 6.07) is 8.69. The third-order valence-electron chi connectivity index (χ3n) is 3.88. The summed E-state index contributed by atoms with van der Waals surface area (Å²) in [5, 5.41) is 3.45. The monoisotopic (exact) mass is 293 g/mol. The second-order valence-corrected chi connectivity index (χ2v) is 5.36. The highest BCUT2D eigenvalue weighted by molar-refractivity contribution is 5.28. The zero-order valence-electron chi connectivity index (χ0n) is 13.3. The molecule has 0 radical (unpaired) electrons. The maximum atomic E-state index is 6.06. The van der Waals surface area contributed by atoms with E-state index in [1.165, 1.54) is 5.56 Å². The van der Waals surface area contributed by atoms with Crippen LogP contribution < -0.4 is 10.1 Å². The molecule has 1 saturated carbocycles. The van der Waals surface area contributed by atoms with Gasteiger partial charge < -0.3 is 19.5 Å². The van der Waals surface area contributed by atoms with Gasteiger partial charge >= 0.3 is 0 Å². The summed E-state index contributed by atoms with van der Waals surface area (Å²) >= 11 is 0. The van der Waals surface area contributed by atoms with Gasteiger partial charge in [-0.15, -0.1) is 0 Å². The average molecular weight is 293 g/mol. The van der Waals surface area contributed by atoms with E-state index < -0.39 is 0 Å². The zero-order chi connectivity index (χ0) is 15.1. The van der Waals surface area contributed by atoms with Crippen LogP contribution in [0.2, 0.25) is 0 Å². The summed E-state index contributed by atoms with van der Waals surface area (Å²) in [5.74, 6) is 0.917. The number of nitrogens with one attached hydrogen (secondary N) is 1. The van der Waals surface area contributed by atoms with Crippen LogP contribution in [0.3, 0.4) is 0 Å². The Kier molecular flexibility index (Phi) is 6.49. The molecule has 1 aliphatic rings. The number of likely N-dealkylation sites (N-methyl/N-ethyl adjacent to an activating group) is 1. The van der Waals surface area contributed by atoms with Crippen LogP contribution in [0, 0.1) is 0 Å². The minimum Gasteiger partial charge on any atom is -0.488 e. The van der Waals surface area contributed by atoms with Crippen LogP contribution in [0.1, 0.15) is 25.8 Å². The number of ether oxygens (including phenoxy) is 3. The molecular weight excluding hydrogens is 266 g/mol. The van der Waals surface area contributed by atoms with Crippen LogP contribution in [0.15, 0.2) is 24.3 Å². The van der Waals surface area contributed by atoms with Crippen molar-refractivity contribution in [2.45, 2.75) is 44.9 Å². The highest BCUT2D eigenvalue weighted by atomic mass is 16.5. The standard InChI is InChI=1S/C17H27NO3/c1-4-18-15-12-16(17(15)20-5-2)21-14-8-6-13(7-9-14)10-11-19-3/h6-9,15-18H,4-5,10-12H2,1-3H3. The summed E-state index contributed by atoms with van der Waals surface area (Å²) in [4.78, 5) is 0. The Labute approximate surface area is 127 Å². The van der Waals surface area contributed by atoms with Gasteiger partial charge in [0.25, 0.3) is 0 Å². The topological polar surface area (TPSA) is 39.7 Å². The Bertz CT molecular complexity index is 407. The number of rotatable bonds is 9. The first-order chi connectivity index (χ1) is 10.3. The van der Waals surface area contributed by atoms with Crippen molar-refractivity contribution in [1.29, 1.82) is 0 Å². The first-order valence-electron chi connectivity index (χ1n) is 7.88. The van der Waals surface area contributed by atoms with Crippen molar-refractivity contribution in [2.24, 2.45) is 0 Å². The fourth-order valence-electron chi connectivity index (χ4n) is 2.70. The summed E-state index contributed by atoms with van der Waals surface area (Å²) < 4.78 is 16.9. The molecule has 4 heteroatoms. The molecule has 1 aromatic rings. The number of benzene rings is 1. The smallest absolute Gasteiger partial charge is 0.128 e. The van der Waals surface area contributed by atoms with Gasteiger partial charge in [-0.3, -0.25) is 0 Å². The zero-order valence-corrected chi connectivity index (χ0v) is 13.3. The Morgan fingerprint density at radius 2 is 1.95 bits per heavy atom. The minimum absolute atomic E-state index is 0.152. The predicted octanol–water partition coefficient (Wildman–Crippen LogP) is 2.41. The SMILES string of the molecule is CCNC1CC(Oc2ccc(CCOC)cc2)C1OCC. The normalized spacial score (nSPS) is 24.6. The lowest BCUT2D eigenvalue weighted by atomic mass is 9.85. The van der Waals surface area contributed by atoms with Crippen LogP contribution in [-0.2, 0) is 15.9 Å². The molecule has 3 unspecified atom stereocenters. The molecule has 0 saturated heterocycles. The Morgan fingerprint density at radius 3 is 2.57 bits per heavy atom. The van der Waals surface area contributed by atoms with E-state index in [0.29, 0.717) is 6.04 Å². The number of hydrogen-bond donors (Lipinski definition) is 1. The van der Waals surface area contributed by atoms with Crippen molar-refractivity contribution in [3.05, 3.63) is 29.8 Å². The van der Waals surface area contributed by atoms with Crippen molar-refractivity contribution in [3.8, 4) is 5.75 Å². The van der Waals surface area contributed by atoms with Crippen molar-refractivity contribution in [2.75, 3.05) is 26.9 Å². The van der Waals surface area contributed by atoms with Gasteiger partial charge in [0.1, 0.15) is 18.0 Å². The second kappa shape index (κ2) is 8.37. The summed E-state index contributed by atoms with van der Waals surface area (Å²) in [6.45, 7) is 6.59. The number of hydrogen-bond acceptors (Lipinski definition) is 4. The van der Waals surface area contributed by atoms with Crippen LogP contribution in [0.5, 0.6) is 5.75 Å². The van der Waals surface area contributed by atoms with E-state index >= 15 is 0 Å². The van der Waals surface area contributed by atoms with E-state index in [1.54, 1.807) is 7.11 Å². The molecule has 0 bridgehead atoms. The van der Waals surface area contributed by atoms with Crippen molar-refractivity contribution in [3.63, 3.8) is 0 Å². The van der Waals surface area contributed by atoms with Gasteiger partial charge in [0.15, 0.2) is 0 Å². The molecule has 0 aromatic heterocycles. The molecule has 3 atom stereocenters. The molecule has 0 aliphatic heterocycles. The van der Waals surface area contributed by atoms with Crippen molar-refractivity contribution >= 4 is 0 Å². The van der Waals surface area contributed by atoms with E-state index in [0.717, 1.165) is 38.3 Å². The first-order valence-corrected chi connectivity index (χ1v) is 7.88. The van der Waals surface area contributed by atoms with Crippen LogP contribution in [0.4, 0.5) is 0 Å². The van der Waals surface area contributed by atoms with E-state index in [-0.39, 0.29) is 12.2 Å². The van der Waals surface area contributed by atoms with Crippen LogP contribution in [-0.4, -0.2) is 45.1 Å². The summed E-state index contributed by atoms with van der Waals surface area (Å²) in [6.07, 6.45) is 2.25. The lowest BCUT2D eigenvalue weighted by Gasteiger charge is -2.44. The van der Waals surface area contributed by atoms with Gasteiger partial charge in [0, 0.05) is 26.2 Å². The molecule has 21 heavy (non-hydrogen) atoms. The maximum Gasteiger partial charge on any atom is 0.128 e. The fraction of sp³-hybridized carbons (Fsp3) is 0.647. The lowest BCUT2D eigenvalue weighted by Crippen LogP contribution is -2.61. The minimum atomic E-state index is 0.152. The van der Waals surface area contributed by atoms with Gasteiger partial charge in [-0.1, -0.05) is 19.1 Å². The summed E-state index contributed by atoms with van der Waals surface area (Å²) in [5.41, 5.74) is 1.27. The largest absolute Gasteiger partial charge is 0.488 e. The van der Waals surface area contributed by atoms with E-state index in [1.807, 2.05) is 19.1 Å². The Balaban J connectivity index is 1.86.